The van der Waals surface area contributed by atoms with Crippen LogP contribution in [-0.4, -0.2) is 23.8 Å². The monoisotopic (exact) mass is 364 g/mol. The summed E-state index contributed by atoms with van der Waals surface area (Å²) in [6.07, 6.45) is 2.39. The van der Waals surface area contributed by atoms with Crippen molar-refractivity contribution >= 4 is 11.6 Å². The Morgan fingerprint density at radius 1 is 0.926 bits per heavy atom. The number of benzene rings is 2. The van der Waals surface area contributed by atoms with Crippen LogP contribution in [-0.2, 0) is 20.7 Å². The first kappa shape index (κ1) is 16.8. The lowest BCUT2D eigenvalue weighted by atomic mass is 9.81. The van der Waals surface area contributed by atoms with Gasteiger partial charge in [-0.1, -0.05) is 37.3 Å². The van der Waals surface area contributed by atoms with E-state index in [9.17, 15) is 14.0 Å². The molecule has 3 aliphatic rings. The SMILES string of the molecule is CCc1cc(-c2ccc(F)cc2)ccc1C1C(=O)[C@@H]2[C@H](C1=O)[C@H]1CC[C@@H]2O1. The van der Waals surface area contributed by atoms with E-state index < -0.39 is 5.92 Å². The number of hydrogen-bond acceptors (Lipinski definition) is 3. The van der Waals surface area contributed by atoms with Crippen molar-refractivity contribution in [2.75, 3.05) is 0 Å². The van der Waals surface area contributed by atoms with Crippen molar-refractivity contribution in [3.05, 3.63) is 59.4 Å². The maximum atomic E-state index is 13.2. The number of Topliss-reactive ketones (excluding diaryl/α,β-unsaturated/α-hetero) is 2. The summed E-state index contributed by atoms with van der Waals surface area (Å²) in [6, 6.07) is 12.3. The molecule has 0 amide bonds. The van der Waals surface area contributed by atoms with Crippen LogP contribution in [0.4, 0.5) is 4.39 Å². The predicted molar refractivity (Wildman–Crippen MR) is 98.8 cm³/mol. The molecule has 3 fully saturated rings. The minimum Gasteiger partial charge on any atom is -0.373 e. The van der Waals surface area contributed by atoms with Gasteiger partial charge in [0.05, 0.1) is 24.0 Å². The van der Waals surface area contributed by atoms with E-state index in [1.54, 1.807) is 12.1 Å². The lowest BCUT2D eigenvalue weighted by Gasteiger charge is -2.17. The second-order valence-electron chi connectivity index (χ2n) is 7.85. The molecule has 0 spiro atoms. The first-order chi connectivity index (χ1) is 13.1. The van der Waals surface area contributed by atoms with Gasteiger partial charge in [0.25, 0.3) is 0 Å². The zero-order valence-electron chi connectivity index (χ0n) is 15.2. The van der Waals surface area contributed by atoms with Crippen LogP contribution < -0.4 is 0 Å². The van der Waals surface area contributed by atoms with Gasteiger partial charge >= 0.3 is 0 Å². The zero-order chi connectivity index (χ0) is 18.7. The highest BCUT2D eigenvalue weighted by Crippen LogP contribution is 2.52. The Kier molecular flexibility index (Phi) is 3.80. The summed E-state index contributed by atoms with van der Waals surface area (Å²) in [6.45, 7) is 2.03. The number of ketones is 2. The van der Waals surface area contributed by atoms with Gasteiger partial charge in [0.15, 0.2) is 11.6 Å². The van der Waals surface area contributed by atoms with E-state index in [2.05, 4.69) is 0 Å². The molecule has 2 aliphatic heterocycles. The molecule has 27 heavy (non-hydrogen) atoms. The average molecular weight is 364 g/mol. The summed E-state index contributed by atoms with van der Waals surface area (Å²) in [5, 5.41) is 0. The fourth-order valence-corrected chi connectivity index (χ4v) is 5.25. The molecular formula is C23H21FO3. The number of carbonyl (C=O) groups is 2. The van der Waals surface area contributed by atoms with E-state index in [0.29, 0.717) is 0 Å². The number of halogens is 1. The van der Waals surface area contributed by atoms with Crippen LogP contribution >= 0.6 is 0 Å². The number of aryl methyl sites for hydroxylation is 1. The number of hydrogen-bond donors (Lipinski definition) is 0. The molecule has 5 atom stereocenters. The number of fused-ring (bicyclic) bond motifs is 5. The van der Waals surface area contributed by atoms with Gasteiger partial charge in [-0.05, 0) is 53.6 Å². The van der Waals surface area contributed by atoms with Crippen LogP contribution in [0, 0.1) is 17.7 Å². The summed E-state index contributed by atoms with van der Waals surface area (Å²) >= 11 is 0. The Bertz CT molecular complexity index is 905. The Balaban J connectivity index is 1.53. The Morgan fingerprint density at radius 2 is 1.52 bits per heavy atom. The summed E-state index contributed by atoms with van der Waals surface area (Å²) in [7, 11) is 0. The molecule has 2 aromatic rings. The fraction of sp³-hybridized carbons (Fsp3) is 0.391. The Hall–Kier alpha value is -2.33. The van der Waals surface area contributed by atoms with Crippen molar-refractivity contribution in [2.45, 2.75) is 44.3 Å². The summed E-state index contributed by atoms with van der Waals surface area (Å²) in [4.78, 5) is 26.2. The van der Waals surface area contributed by atoms with Crippen LogP contribution in [0.15, 0.2) is 42.5 Å². The molecule has 1 saturated carbocycles. The van der Waals surface area contributed by atoms with Crippen molar-refractivity contribution in [2.24, 2.45) is 11.8 Å². The summed E-state index contributed by atoms with van der Waals surface area (Å²) in [5.41, 5.74) is 3.74. The maximum Gasteiger partial charge on any atom is 0.154 e. The van der Waals surface area contributed by atoms with Crippen molar-refractivity contribution in [3.63, 3.8) is 0 Å². The molecule has 138 valence electrons. The van der Waals surface area contributed by atoms with Gasteiger partial charge in [0, 0.05) is 0 Å². The van der Waals surface area contributed by atoms with E-state index in [-0.39, 0.29) is 41.4 Å². The largest absolute Gasteiger partial charge is 0.373 e. The first-order valence-corrected chi connectivity index (χ1v) is 9.70. The van der Waals surface area contributed by atoms with Gasteiger partial charge in [-0.3, -0.25) is 9.59 Å². The summed E-state index contributed by atoms with van der Waals surface area (Å²) < 4.78 is 19.0. The van der Waals surface area contributed by atoms with Gasteiger partial charge in [-0.25, -0.2) is 4.39 Å². The molecule has 2 aromatic carbocycles. The first-order valence-electron chi connectivity index (χ1n) is 9.70. The third kappa shape index (κ3) is 2.43. The van der Waals surface area contributed by atoms with E-state index >= 15 is 0 Å². The predicted octanol–water partition coefficient (Wildman–Crippen LogP) is 4.08. The topological polar surface area (TPSA) is 43.4 Å². The quantitative estimate of drug-likeness (QED) is 0.771. The third-order valence-corrected chi connectivity index (χ3v) is 6.51. The van der Waals surface area contributed by atoms with Crippen LogP contribution in [0.1, 0.15) is 36.8 Å². The van der Waals surface area contributed by atoms with Crippen LogP contribution in [0.2, 0.25) is 0 Å². The molecule has 1 unspecified atom stereocenters. The number of rotatable bonds is 3. The Labute approximate surface area is 157 Å². The van der Waals surface area contributed by atoms with E-state index in [1.165, 1.54) is 12.1 Å². The van der Waals surface area contributed by atoms with Gasteiger partial charge in [-0.15, -0.1) is 0 Å². The molecule has 1 aliphatic carbocycles. The van der Waals surface area contributed by atoms with E-state index in [4.69, 9.17) is 4.74 Å². The number of ether oxygens (including phenoxy) is 1. The molecule has 2 saturated heterocycles. The van der Waals surface area contributed by atoms with Crippen LogP contribution in [0.25, 0.3) is 11.1 Å². The second-order valence-corrected chi connectivity index (χ2v) is 7.85. The van der Waals surface area contributed by atoms with Gasteiger partial charge in [-0.2, -0.15) is 0 Å². The lowest BCUT2D eigenvalue weighted by molar-refractivity contribution is -0.127. The second kappa shape index (κ2) is 6.10. The van der Waals surface area contributed by atoms with Gasteiger partial charge < -0.3 is 4.74 Å². The highest BCUT2D eigenvalue weighted by atomic mass is 19.1. The fourth-order valence-electron chi connectivity index (χ4n) is 5.25. The molecule has 2 heterocycles. The normalized spacial score (nSPS) is 31.6. The van der Waals surface area contributed by atoms with Gasteiger partial charge in [0.2, 0.25) is 0 Å². The lowest BCUT2D eigenvalue weighted by Crippen LogP contribution is -2.29. The third-order valence-electron chi connectivity index (χ3n) is 6.51. The standard InChI is InChI=1S/C23H21FO3/c1-2-12-11-14(13-3-6-15(24)7-4-13)5-8-16(12)19-22(25)20-17-9-10-18(27-17)21(20)23(19)26/h3-8,11,17-21H,2,9-10H2,1H3/t17-,18+,19?,20-,21+. The summed E-state index contributed by atoms with van der Waals surface area (Å²) in [5.74, 6) is -1.32. The van der Waals surface area contributed by atoms with Crippen LogP contribution in [0.5, 0.6) is 0 Å². The minimum atomic E-state index is -0.649. The molecule has 4 heteroatoms. The van der Waals surface area contributed by atoms with Gasteiger partial charge in [0.1, 0.15) is 11.7 Å². The zero-order valence-corrected chi connectivity index (χ0v) is 15.2. The molecule has 0 N–H and O–H groups in total. The van der Waals surface area contributed by atoms with Crippen molar-refractivity contribution < 1.29 is 18.7 Å². The minimum absolute atomic E-state index is 0.0430. The average Bonchev–Trinajstić information content (AvgIpc) is 3.36. The van der Waals surface area contributed by atoms with E-state index in [0.717, 1.165) is 41.5 Å². The molecular weight excluding hydrogens is 343 g/mol. The molecule has 2 bridgehead atoms. The molecule has 0 radical (unpaired) electrons. The highest BCUT2D eigenvalue weighted by Gasteiger charge is 2.63. The van der Waals surface area contributed by atoms with Crippen molar-refractivity contribution in [1.29, 1.82) is 0 Å². The molecule has 3 nitrogen and oxygen atoms in total. The molecule has 0 aromatic heterocycles. The van der Waals surface area contributed by atoms with Crippen molar-refractivity contribution in [3.8, 4) is 11.1 Å². The van der Waals surface area contributed by atoms with Crippen molar-refractivity contribution in [1.82, 2.24) is 0 Å². The maximum absolute atomic E-state index is 13.2. The highest BCUT2D eigenvalue weighted by molar-refractivity contribution is 6.17. The number of carbonyl (C=O) groups excluding carboxylic acids is 2. The smallest absolute Gasteiger partial charge is 0.154 e. The molecule has 5 rings (SSSR count). The van der Waals surface area contributed by atoms with Crippen LogP contribution in [0.3, 0.4) is 0 Å². The Morgan fingerprint density at radius 3 is 2.11 bits per heavy atom. The van der Waals surface area contributed by atoms with E-state index in [1.807, 2.05) is 25.1 Å².